The van der Waals surface area contributed by atoms with E-state index in [1.165, 1.54) is 18.2 Å². The topological polar surface area (TPSA) is 69.4 Å². The van der Waals surface area contributed by atoms with Crippen LogP contribution in [0.2, 0.25) is 0 Å². The number of ether oxygens (including phenoxy) is 1. The molecule has 5 nitrogen and oxygen atoms in total. The van der Waals surface area contributed by atoms with E-state index >= 15 is 0 Å². The highest BCUT2D eigenvalue weighted by Crippen LogP contribution is 2.21. The minimum absolute atomic E-state index is 0.0937. The minimum Gasteiger partial charge on any atom is -0.457 e. The maximum Gasteiger partial charge on any atom is 0.340 e. The molecule has 0 saturated carbocycles. The van der Waals surface area contributed by atoms with Gasteiger partial charge in [0.15, 0.2) is 0 Å². The van der Waals surface area contributed by atoms with Gasteiger partial charge in [-0.15, -0.1) is 0 Å². The van der Waals surface area contributed by atoms with Gasteiger partial charge >= 0.3 is 5.97 Å². The number of halogens is 1. The number of aromatic nitrogens is 1. The maximum absolute atomic E-state index is 13.5. The van der Waals surface area contributed by atoms with Crippen molar-refractivity contribution >= 4 is 28.0 Å². The molecule has 0 amide bonds. The highest BCUT2D eigenvalue weighted by atomic mass is 19.1. The fourth-order valence-electron chi connectivity index (χ4n) is 2.85. The van der Waals surface area contributed by atoms with Crippen molar-refractivity contribution in [3.05, 3.63) is 87.5 Å². The maximum atomic E-state index is 13.5. The number of aryl methyl sites for hydroxylation is 1. The number of fused-ring (bicyclic) bond motifs is 2. The van der Waals surface area contributed by atoms with Crippen molar-refractivity contribution in [2.24, 2.45) is 0 Å². The fraction of sp³-hybridized carbons (Fsp3) is 0.0952. The second-order valence-corrected chi connectivity index (χ2v) is 6.11. The van der Waals surface area contributed by atoms with Crippen molar-refractivity contribution in [1.29, 1.82) is 0 Å². The summed E-state index contributed by atoms with van der Waals surface area (Å²) in [6, 6.07) is 14.3. The largest absolute Gasteiger partial charge is 0.457 e. The highest BCUT2D eigenvalue weighted by molar-refractivity contribution is 5.96. The Hall–Kier alpha value is -3.54. The molecule has 0 aliphatic carbocycles. The Balaban J connectivity index is 1.76. The summed E-state index contributed by atoms with van der Waals surface area (Å²) in [7, 11) is 0. The lowest BCUT2D eigenvalue weighted by molar-refractivity contribution is 0.0471. The van der Waals surface area contributed by atoms with Crippen molar-refractivity contribution in [3.63, 3.8) is 0 Å². The number of nitrogens with zero attached hydrogens (tertiary/aromatic N) is 1. The number of rotatable bonds is 3. The zero-order chi connectivity index (χ0) is 19.0. The molecule has 0 fully saturated rings. The Morgan fingerprint density at radius 1 is 1.11 bits per heavy atom. The molecule has 0 aliphatic rings. The van der Waals surface area contributed by atoms with Crippen LogP contribution >= 0.6 is 0 Å². The molecule has 0 aliphatic heterocycles. The third-order valence-corrected chi connectivity index (χ3v) is 4.25. The van der Waals surface area contributed by atoms with E-state index in [4.69, 9.17) is 9.15 Å². The van der Waals surface area contributed by atoms with Gasteiger partial charge in [0.2, 0.25) is 11.1 Å². The summed E-state index contributed by atoms with van der Waals surface area (Å²) < 4.78 is 24.4. The molecule has 0 N–H and O–H groups in total. The van der Waals surface area contributed by atoms with Crippen LogP contribution in [0.3, 0.4) is 0 Å². The van der Waals surface area contributed by atoms with Crippen LogP contribution in [0.15, 0.2) is 63.8 Å². The van der Waals surface area contributed by atoms with Gasteiger partial charge in [-0.1, -0.05) is 30.3 Å². The fourth-order valence-corrected chi connectivity index (χ4v) is 2.85. The molecular weight excluding hydrogens is 349 g/mol. The minimum atomic E-state index is -0.593. The van der Waals surface area contributed by atoms with Crippen LogP contribution in [0.25, 0.3) is 22.1 Å². The van der Waals surface area contributed by atoms with E-state index < -0.39 is 17.2 Å². The molecule has 0 bridgehead atoms. The van der Waals surface area contributed by atoms with Crippen molar-refractivity contribution < 1.29 is 18.3 Å². The van der Waals surface area contributed by atoms with Gasteiger partial charge in [-0.2, -0.15) is 0 Å². The Morgan fingerprint density at radius 3 is 2.67 bits per heavy atom. The van der Waals surface area contributed by atoms with Gasteiger partial charge in [0.25, 0.3) is 0 Å². The van der Waals surface area contributed by atoms with Crippen LogP contribution in [0.5, 0.6) is 0 Å². The first kappa shape index (κ1) is 16.9. The number of hydrogen-bond donors (Lipinski definition) is 0. The summed E-state index contributed by atoms with van der Waals surface area (Å²) in [6.45, 7) is 1.74. The van der Waals surface area contributed by atoms with Crippen LogP contribution < -0.4 is 5.43 Å². The van der Waals surface area contributed by atoms with E-state index in [1.54, 1.807) is 6.92 Å². The van der Waals surface area contributed by atoms with E-state index in [-0.39, 0.29) is 34.2 Å². The van der Waals surface area contributed by atoms with Crippen molar-refractivity contribution in [2.75, 3.05) is 0 Å². The highest BCUT2D eigenvalue weighted by Gasteiger charge is 2.17. The predicted octanol–water partition coefficient (Wildman–Crippen LogP) is 4.15. The molecular formula is C21H14FNO4. The lowest BCUT2D eigenvalue weighted by Gasteiger charge is -2.08. The standard InChI is InChI=1S/C21H14FNO4/c1-12-15(21(25)26-11-13-5-3-2-4-6-13)10-17-19(24)16-9-14(22)7-8-18(16)27-20(17)23-12/h2-10H,11H2,1H3. The Labute approximate surface area is 153 Å². The van der Waals surface area contributed by atoms with E-state index in [9.17, 15) is 14.0 Å². The molecule has 0 radical (unpaired) electrons. The van der Waals surface area contributed by atoms with Gasteiger partial charge < -0.3 is 9.15 Å². The van der Waals surface area contributed by atoms with Crippen molar-refractivity contribution in [3.8, 4) is 0 Å². The predicted molar refractivity (Wildman–Crippen MR) is 98.0 cm³/mol. The number of carbonyl (C=O) groups excluding carboxylic acids is 1. The SMILES string of the molecule is Cc1nc2oc3ccc(F)cc3c(=O)c2cc1C(=O)OCc1ccccc1. The normalized spacial score (nSPS) is 11.0. The third-order valence-electron chi connectivity index (χ3n) is 4.25. The Morgan fingerprint density at radius 2 is 1.89 bits per heavy atom. The number of carbonyl (C=O) groups is 1. The molecule has 0 unspecified atom stereocenters. The van der Waals surface area contributed by atoms with E-state index in [1.807, 2.05) is 30.3 Å². The second-order valence-electron chi connectivity index (χ2n) is 6.11. The van der Waals surface area contributed by atoms with Crippen LogP contribution in [-0.4, -0.2) is 11.0 Å². The Kier molecular flexibility index (Phi) is 4.16. The molecule has 4 aromatic rings. The molecule has 134 valence electrons. The summed E-state index contributed by atoms with van der Waals surface area (Å²) in [6.07, 6.45) is 0. The zero-order valence-electron chi connectivity index (χ0n) is 14.4. The van der Waals surface area contributed by atoms with Gasteiger partial charge in [-0.3, -0.25) is 4.79 Å². The molecule has 0 saturated heterocycles. The second kappa shape index (κ2) is 6.64. The number of benzene rings is 2. The third kappa shape index (κ3) is 3.17. The van der Waals surface area contributed by atoms with Gasteiger partial charge in [0.05, 0.1) is 22.0 Å². The van der Waals surface area contributed by atoms with Gasteiger partial charge in [0, 0.05) is 0 Å². The summed E-state index contributed by atoms with van der Waals surface area (Å²) in [5.41, 5.74) is 1.27. The van der Waals surface area contributed by atoms with E-state index in [2.05, 4.69) is 4.98 Å². The molecule has 0 spiro atoms. The summed E-state index contributed by atoms with van der Waals surface area (Å²) in [4.78, 5) is 29.4. The molecule has 2 heterocycles. The van der Waals surface area contributed by atoms with Gasteiger partial charge in [-0.05, 0) is 36.8 Å². The molecule has 2 aromatic carbocycles. The van der Waals surface area contributed by atoms with Crippen LogP contribution in [-0.2, 0) is 11.3 Å². The van der Waals surface area contributed by atoms with E-state index in [0.29, 0.717) is 5.69 Å². The zero-order valence-corrected chi connectivity index (χ0v) is 14.4. The molecule has 4 rings (SSSR count). The molecule has 2 aromatic heterocycles. The number of hydrogen-bond acceptors (Lipinski definition) is 5. The Bertz CT molecular complexity index is 1230. The smallest absolute Gasteiger partial charge is 0.340 e. The molecule has 0 atom stereocenters. The van der Waals surface area contributed by atoms with E-state index in [0.717, 1.165) is 11.6 Å². The van der Waals surface area contributed by atoms with Gasteiger partial charge in [-0.25, -0.2) is 14.2 Å². The average molecular weight is 363 g/mol. The first-order valence-electron chi connectivity index (χ1n) is 8.28. The lowest BCUT2D eigenvalue weighted by Crippen LogP contribution is -2.11. The summed E-state index contributed by atoms with van der Waals surface area (Å²) >= 11 is 0. The first-order valence-corrected chi connectivity index (χ1v) is 8.28. The monoisotopic (exact) mass is 363 g/mol. The summed E-state index contributed by atoms with van der Waals surface area (Å²) in [5, 5.41) is 0.196. The van der Waals surface area contributed by atoms with Crippen molar-refractivity contribution in [1.82, 2.24) is 4.98 Å². The molecule has 6 heteroatoms. The average Bonchev–Trinajstić information content (AvgIpc) is 2.67. The molecule has 27 heavy (non-hydrogen) atoms. The van der Waals surface area contributed by atoms with Crippen LogP contribution in [0.4, 0.5) is 4.39 Å². The van der Waals surface area contributed by atoms with Gasteiger partial charge in [0.1, 0.15) is 18.0 Å². The van der Waals surface area contributed by atoms with Crippen LogP contribution in [0.1, 0.15) is 21.6 Å². The lowest BCUT2D eigenvalue weighted by atomic mass is 10.1. The summed E-state index contributed by atoms with van der Waals surface area (Å²) in [5.74, 6) is -1.14. The number of pyridine rings is 1. The quantitative estimate of drug-likeness (QED) is 0.404. The number of esters is 1. The first-order chi connectivity index (χ1) is 13.0. The van der Waals surface area contributed by atoms with Crippen LogP contribution in [0, 0.1) is 12.7 Å². The van der Waals surface area contributed by atoms with Crippen molar-refractivity contribution in [2.45, 2.75) is 13.5 Å².